The number of benzene rings is 2. The minimum absolute atomic E-state index is 0.211. The van der Waals surface area contributed by atoms with Crippen LogP contribution in [0.5, 0.6) is 0 Å². The summed E-state index contributed by atoms with van der Waals surface area (Å²) in [6.07, 6.45) is 0. The highest BCUT2D eigenvalue weighted by Crippen LogP contribution is 2.38. The average molecular weight is 424 g/mol. The molecule has 0 saturated heterocycles. The number of pyridine rings is 1. The van der Waals surface area contributed by atoms with E-state index in [0.717, 1.165) is 0 Å². The van der Waals surface area contributed by atoms with E-state index in [1.54, 1.807) is 36.4 Å². The van der Waals surface area contributed by atoms with Crippen LogP contribution in [-0.2, 0) is 9.53 Å². The molecule has 2 aromatic carbocycles. The summed E-state index contributed by atoms with van der Waals surface area (Å²) < 4.78 is 4.55. The fourth-order valence-corrected chi connectivity index (χ4v) is 3.18. The van der Waals surface area contributed by atoms with Crippen molar-refractivity contribution < 1.29 is 14.3 Å². The highest BCUT2D eigenvalue weighted by molar-refractivity contribution is 6.49. The number of amides is 1. The Morgan fingerprint density at radius 2 is 1.81 bits per heavy atom. The number of rotatable bonds is 4. The number of fused-ring (bicyclic) bond motifs is 1. The minimum atomic E-state index is -0.547. The normalized spacial score (nSPS) is 10.7. The summed E-state index contributed by atoms with van der Waals surface area (Å²) in [6, 6.07) is 12.1. The van der Waals surface area contributed by atoms with Gasteiger partial charge in [0.25, 0.3) is 5.91 Å². The third-order valence-corrected chi connectivity index (χ3v) is 5.19. The zero-order valence-electron chi connectivity index (χ0n) is 14.1. The van der Waals surface area contributed by atoms with Gasteiger partial charge in [-0.3, -0.25) is 9.59 Å². The van der Waals surface area contributed by atoms with E-state index >= 15 is 0 Å². The van der Waals surface area contributed by atoms with Crippen molar-refractivity contribution in [3.8, 4) is 11.3 Å². The number of para-hydroxylation sites is 1. The zero-order valence-corrected chi connectivity index (χ0v) is 16.3. The Kier molecular flexibility index (Phi) is 5.85. The Labute approximate surface area is 170 Å². The number of carbonyl (C=O) groups is 2. The van der Waals surface area contributed by atoms with E-state index in [2.05, 4.69) is 15.0 Å². The molecule has 0 fully saturated rings. The number of carbonyl (C=O) groups excluding carboxylic acids is 2. The molecule has 0 spiro atoms. The number of nitrogens with zero attached hydrogens (tertiary/aromatic N) is 1. The molecule has 0 unspecified atom stereocenters. The number of hydrogen-bond donors (Lipinski definition) is 1. The van der Waals surface area contributed by atoms with Gasteiger partial charge in [-0.25, -0.2) is 4.98 Å². The molecule has 138 valence electrons. The molecule has 1 heterocycles. The summed E-state index contributed by atoms with van der Waals surface area (Å²) in [5, 5.41) is 3.95. The molecular weight excluding hydrogens is 411 g/mol. The van der Waals surface area contributed by atoms with Crippen molar-refractivity contribution in [2.75, 3.05) is 13.7 Å². The van der Waals surface area contributed by atoms with Crippen molar-refractivity contribution in [3.05, 3.63) is 63.1 Å². The van der Waals surface area contributed by atoms with E-state index in [4.69, 9.17) is 34.8 Å². The van der Waals surface area contributed by atoms with Crippen LogP contribution in [0, 0.1) is 0 Å². The zero-order chi connectivity index (χ0) is 19.6. The van der Waals surface area contributed by atoms with Gasteiger partial charge < -0.3 is 10.1 Å². The van der Waals surface area contributed by atoms with Crippen LogP contribution < -0.4 is 5.32 Å². The van der Waals surface area contributed by atoms with Crippen molar-refractivity contribution in [1.29, 1.82) is 0 Å². The Morgan fingerprint density at radius 1 is 1.07 bits per heavy atom. The highest BCUT2D eigenvalue weighted by atomic mass is 35.5. The second-order valence-corrected chi connectivity index (χ2v) is 6.72. The Hall–Kier alpha value is -2.34. The smallest absolute Gasteiger partial charge is 0.325 e. The quantitative estimate of drug-likeness (QED) is 0.485. The highest BCUT2D eigenvalue weighted by Gasteiger charge is 2.17. The molecule has 1 aromatic heterocycles. The number of halogens is 3. The first-order valence-electron chi connectivity index (χ1n) is 7.81. The van der Waals surface area contributed by atoms with E-state index < -0.39 is 11.9 Å². The number of hydrogen-bond acceptors (Lipinski definition) is 4. The third-order valence-electron chi connectivity index (χ3n) is 3.89. The van der Waals surface area contributed by atoms with Crippen LogP contribution in [-0.4, -0.2) is 30.5 Å². The molecule has 0 aliphatic carbocycles. The molecule has 3 aromatic rings. The molecule has 1 amide bonds. The standard InChI is InChI=1S/C19H13Cl3N2O3/c1-27-16(25)9-23-19(26)12-8-15(24-14-5-3-2-4-10(12)14)11-6-7-13(20)18(22)17(11)21/h2-8H,9H2,1H3,(H,23,26). The molecule has 0 radical (unpaired) electrons. The second-order valence-electron chi connectivity index (χ2n) is 5.55. The van der Waals surface area contributed by atoms with Crippen LogP contribution in [0.3, 0.4) is 0 Å². The predicted octanol–water partition coefficient (Wildman–Crippen LogP) is 4.76. The Morgan fingerprint density at radius 3 is 2.56 bits per heavy atom. The van der Waals surface area contributed by atoms with E-state index in [1.807, 2.05) is 6.07 Å². The number of esters is 1. The van der Waals surface area contributed by atoms with Gasteiger partial charge in [0.15, 0.2) is 0 Å². The maximum absolute atomic E-state index is 12.6. The van der Waals surface area contributed by atoms with Crippen LogP contribution in [0.15, 0.2) is 42.5 Å². The summed E-state index contributed by atoms with van der Waals surface area (Å²) >= 11 is 18.4. The van der Waals surface area contributed by atoms with Gasteiger partial charge in [-0.2, -0.15) is 0 Å². The van der Waals surface area contributed by atoms with Gasteiger partial charge >= 0.3 is 5.97 Å². The van der Waals surface area contributed by atoms with Crippen LogP contribution in [0.4, 0.5) is 0 Å². The van der Waals surface area contributed by atoms with Crippen LogP contribution in [0.2, 0.25) is 15.1 Å². The SMILES string of the molecule is COC(=O)CNC(=O)c1cc(-c2ccc(Cl)c(Cl)c2Cl)nc2ccccc12. The van der Waals surface area contributed by atoms with E-state index in [9.17, 15) is 9.59 Å². The van der Waals surface area contributed by atoms with E-state index in [0.29, 0.717) is 32.7 Å². The summed E-state index contributed by atoms with van der Waals surface area (Å²) in [5.41, 5.74) is 1.95. The van der Waals surface area contributed by atoms with Gasteiger partial charge in [-0.1, -0.05) is 53.0 Å². The minimum Gasteiger partial charge on any atom is -0.468 e. The van der Waals surface area contributed by atoms with Crippen molar-refractivity contribution in [1.82, 2.24) is 10.3 Å². The number of ether oxygens (including phenoxy) is 1. The largest absolute Gasteiger partial charge is 0.468 e. The lowest BCUT2D eigenvalue weighted by molar-refractivity contribution is -0.139. The van der Waals surface area contributed by atoms with Gasteiger partial charge in [0, 0.05) is 10.9 Å². The average Bonchev–Trinajstić information content (AvgIpc) is 2.69. The lowest BCUT2D eigenvalue weighted by Crippen LogP contribution is -2.30. The maximum Gasteiger partial charge on any atom is 0.325 e. The third kappa shape index (κ3) is 4.00. The molecule has 0 atom stereocenters. The van der Waals surface area contributed by atoms with Gasteiger partial charge in [0.1, 0.15) is 6.54 Å². The molecule has 0 aliphatic rings. The first-order valence-corrected chi connectivity index (χ1v) is 8.94. The van der Waals surface area contributed by atoms with Crippen molar-refractivity contribution in [2.24, 2.45) is 0 Å². The molecule has 0 bridgehead atoms. The van der Waals surface area contributed by atoms with E-state index in [-0.39, 0.29) is 16.6 Å². The molecule has 5 nitrogen and oxygen atoms in total. The summed E-state index contributed by atoms with van der Waals surface area (Å²) in [5.74, 6) is -0.981. The number of methoxy groups -OCH3 is 1. The molecule has 3 rings (SSSR count). The fraction of sp³-hybridized carbons (Fsp3) is 0.105. The number of nitrogens with one attached hydrogen (secondary N) is 1. The first kappa shape index (κ1) is 19.4. The lowest BCUT2D eigenvalue weighted by Gasteiger charge is -2.12. The number of aromatic nitrogens is 1. The monoisotopic (exact) mass is 422 g/mol. The van der Waals surface area contributed by atoms with Crippen molar-refractivity contribution >= 4 is 57.6 Å². The molecule has 8 heteroatoms. The summed E-state index contributed by atoms with van der Waals surface area (Å²) in [4.78, 5) is 28.5. The maximum atomic E-state index is 12.6. The molecule has 0 aliphatic heterocycles. The molecular formula is C19H13Cl3N2O3. The van der Waals surface area contributed by atoms with Gasteiger partial charge in [-0.05, 0) is 24.3 Å². The topological polar surface area (TPSA) is 68.3 Å². The summed E-state index contributed by atoms with van der Waals surface area (Å²) in [6.45, 7) is -0.241. The van der Waals surface area contributed by atoms with Gasteiger partial charge in [0.05, 0.1) is 39.0 Å². The van der Waals surface area contributed by atoms with Crippen LogP contribution in [0.25, 0.3) is 22.2 Å². The second kappa shape index (κ2) is 8.13. The van der Waals surface area contributed by atoms with Crippen LogP contribution >= 0.6 is 34.8 Å². The van der Waals surface area contributed by atoms with Crippen LogP contribution in [0.1, 0.15) is 10.4 Å². The molecule has 0 saturated carbocycles. The Balaban J connectivity index is 2.13. The van der Waals surface area contributed by atoms with Gasteiger partial charge in [-0.15, -0.1) is 0 Å². The van der Waals surface area contributed by atoms with E-state index in [1.165, 1.54) is 7.11 Å². The predicted molar refractivity (Wildman–Crippen MR) is 107 cm³/mol. The molecule has 27 heavy (non-hydrogen) atoms. The lowest BCUT2D eigenvalue weighted by atomic mass is 10.0. The van der Waals surface area contributed by atoms with Crippen molar-refractivity contribution in [2.45, 2.75) is 0 Å². The first-order chi connectivity index (χ1) is 12.9. The molecule has 1 N–H and O–H groups in total. The Bertz CT molecular complexity index is 1050. The summed E-state index contributed by atoms with van der Waals surface area (Å²) in [7, 11) is 1.25. The fourth-order valence-electron chi connectivity index (χ4n) is 2.54. The van der Waals surface area contributed by atoms with Crippen molar-refractivity contribution in [3.63, 3.8) is 0 Å². The van der Waals surface area contributed by atoms with Gasteiger partial charge in [0.2, 0.25) is 0 Å².